The summed E-state index contributed by atoms with van der Waals surface area (Å²) in [6.45, 7) is 5.99. The average Bonchev–Trinajstić information content (AvgIpc) is 2.95. The van der Waals surface area contributed by atoms with Gasteiger partial charge in [0.1, 0.15) is 5.60 Å². The van der Waals surface area contributed by atoms with Crippen molar-refractivity contribution in [1.82, 2.24) is 5.06 Å². The molecule has 2 aliphatic heterocycles. The van der Waals surface area contributed by atoms with E-state index in [4.69, 9.17) is 9.57 Å². The molecule has 0 unspecified atom stereocenters. The minimum absolute atomic E-state index is 0.206. The quantitative estimate of drug-likeness (QED) is 0.826. The highest BCUT2D eigenvalue weighted by molar-refractivity contribution is 5.79. The topological polar surface area (TPSA) is 59.0 Å². The normalized spacial score (nSPS) is 27.1. The molecular weight excluding hydrogens is 354 g/mol. The summed E-state index contributed by atoms with van der Waals surface area (Å²) in [5.41, 5.74) is 2.67. The highest BCUT2D eigenvalue weighted by Gasteiger charge is 2.61. The number of aliphatic hydroxyl groups is 1. The fourth-order valence-corrected chi connectivity index (χ4v) is 4.21. The van der Waals surface area contributed by atoms with E-state index in [1.165, 1.54) is 5.56 Å². The zero-order valence-corrected chi connectivity index (χ0v) is 16.6. The molecule has 1 saturated heterocycles. The molecule has 2 aliphatic rings. The van der Waals surface area contributed by atoms with Crippen molar-refractivity contribution < 1.29 is 19.5 Å². The minimum Gasteiger partial charge on any atom is -0.456 e. The van der Waals surface area contributed by atoms with Crippen LogP contribution in [-0.2, 0) is 27.2 Å². The van der Waals surface area contributed by atoms with Crippen LogP contribution in [0.2, 0.25) is 0 Å². The highest BCUT2D eigenvalue weighted by Crippen LogP contribution is 2.49. The van der Waals surface area contributed by atoms with E-state index in [1.807, 2.05) is 42.5 Å². The molecule has 2 heterocycles. The number of ether oxygens (including phenoxy) is 1. The zero-order valence-electron chi connectivity index (χ0n) is 16.6. The molecule has 1 N–H and O–H groups in total. The second kappa shape index (κ2) is 6.99. The number of fused-ring (bicyclic) bond motifs is 3. The Balaban J connectivity index is 1.75. The van der Waals surface area contributed by atoms with Crippen molar-refractivity contribution in [3.8, 4) is 0 Å². The molecule has 4 rings (SSSR count). The number of nitrogens with zero attached hydrogens (tertiary/aromatic N) is 1. The van der Waals surface area contributed by atoms with Gasteiger partial charge in [-0.25, -0.2) is 4.79 Å². The van der Waals surface area contributed by atoms with E-state index in [0.717, 1.165) is 17.5 Å². The molecule has 3 atom stereocenters. The average molecular weight is 381 g/mol. The van der Waals surface area contributed by atoms with Gasteiger partial charge in [-0.3, -0.25) is 4.84 Å². The molecule has 5 nitrogen and oxygen atoms in total. The van der Waals surface area contributed by atoms with E-state index in [-0.39, 0.29) is 6.04 Å². The maximum absolute atomic E-state index is 13.0. The summed E-state index contributed by atoms with van der Waals surface area (Å²) in [5.74, 6) is -3.23. The van der Waals surface area contributed by atoms with Gasteiger partial charge in [0.25, 0.3) is 5.79 Å². The summed E-state index contributed by atoms with van der Waals surface area (Å²) >= 11 is 0. The van der Waals surface area contributed by atoms with Crippen LogP contribution in [0.1, 0.15) is 43.5 Å². The summed E-state index contributed by atoms with van der Waals surface area (Å²) in [7, 11) is 0. The van der Waals surface area contributed by atoms with Gasteiger partial charge >= 0.3 is 5.97 Å². The van der Waals surface area contributed by atoms with Gasteiger partial charge in [-0.15, -0.1) is 0 Å². The Morgan fingerprint density at radius 1 is 1.18 bits per heavy atom. The van der Waals surface area contributed by atoms with Crippen molar-refractivity contribution in [1.29, 1.82) is 0 Å². The molecule has 0 saturated carbocycles. The highest BCUT2D eigenvalue weighted by atomic mass is 16.8. The SMILES string of the molecule is CC(C)(C)OC(=O)[C@]1(O)ON2CCc3ccccc3[C@@H]2[C@H]1Cc1ccccc1. The van der Waals surface area contributed by atoms with Gasteiger partial charge in [0.05, 0.1) is 12.0 Å². The number of hydrogen-bond acceptors (Lipinski definition) is 5. The Kier molecular flexibility index (Phi) is 4.78. The van der Waals surface area contributed by atoms with E-state index in [1.54, 1.807) is 25.8 Å². The molecule has 2 aromatic rings. The lowest BCUT2D eigenvalue weighted by Crippen LogP contribution is -2.49. The minimum atomic E-state index is -2.02. The monoisotopic (exact) mass is 381 g/mol. The maximum Gasteiger partial charge on any atom is 0.369 e. The molecule has 5 heteroatoms. The second-order valence-corrected chi connectivity index (χ2v) is 8.62. The first-order valence-corrected chi connectivity index (χ1v) is 9.81. The molecule has 0 radical (unpaired) electrons. The summed E-state index contributed by atoms with van der Waals surface area (Å²) in [4.78, 5) is 18.9. The van der Waals surface area contributed by atoms with Crippen molar-refractivity contribution in [2.75, 3.05) is 6.54 Å². The molecule has 1 fully saturated rings. The third-order valence-electron chi connectivity index (χ3n) is 5.42. The Hall–Kier alpha value is -2.21. The summed E-state index contributed by atoms with van der Waals surface area (Å²) in [5, 5.41) is 13.2. The lowest BCUT2D eigenvalue weighted by atomic mass is 9.79. The van der Waals surface area contributed by atoms with Crippen LogP contribution in [-0.4, -0.2) is 34.1 Å². The van der Waals surface area contributed by atoms with Gasteiger partial charge in [0.15, 0.2) is 0 Å². The van der Waals surface area contributed by atoms with Gasteiger partial charge in [-0.1, -0.05) is 54.6 Å². The molecule has 0 aliphatic carbocycles. The lowest BCUT2D eigenvalue weighted by Gasteiger charge is -2.32. The van der Waals surface area contributed by atoms with Gasteiger partial charge in [0, 0.05) is 6.54 Å². The summed E-state index contributed by atoms with van der Waals surface area (Å²) in [6, 6.07) is 17.9. The summed E-state index contributed by atoms with van der Waals surface area (Å²) < 4.78 is 5.55. The molecule has 148 valence electrons. The Bertz CT molecular complexity index is 860. The van der Waals surface area contributed by atoms with Crippen LogP contribution in [0.25, 0.3) is 0 Å². The molecule has 0 spiro atoms. The van der Waals surface area contributed by atoms with Crippen LogP contribution in [0.3, 0.4) is 0 Å². The van der Waals surface area contributed by atoms with Crippen molar-refractivity contribution >= 4 is 5.97 Å². The molecule has 0 aromatic heterocycles. The molecule has 0 amide bonds. The van der Waals surface area contributed by atoms with Crippen LogP contribution in [0.4, 0.5) is 0 Å². The maximum atomic E-state index is 13.0. The third-order valence-corrected chi connectivity index (χ3v) is 5.42. The van der Waals surface area contributed by atoms with E-state index >= 15 is 0 Å². The molecule has 0 bridgehead atoms. The Labute approximate surface area is 165 Å². The molecule has 28 heavy (non-hydrogen) atoms. The number of benzene rings is 2. The van der Waals surface area contributed by atoms with Gasteiger partial charge < -0.3 is 9.84 Å². The van der Waals surface area contributed by atoms with Crippen LogP contribution in [0, 0.1) is 5.92 Å². The summed E-state index contributed by atoms with van der Waals surface area (Å²) in [6.07, 6.45) is 1.32. The van der Waals surface area contributed by atoms with Crippen LogP contribution < -0.4 is 0 Å². The number of carbonyl (C=O) groups excluding carboxylic acids is 1. The second-order valence-electron chi connectivity index (χ2n) is 8.62. The van der Waals surface area contributed by atoms with Crippen molar-refractivity contribution in [2.24, 2.45) is 5.92 Å². The Morgan fingerprint density at radius 2 is 1.86 bits per heavy atom. The van der Waals surface area contributed by atoms with Crippen LogP contribution in [0.15, 0.2) is 54.6 Å². The number of rotatable bonds is 3. The number of esters is 1. The van der Waals surface area contributed by atoms with Gasteiger partial charge in [0.2, 0.25) is 0 Å². The number of carbonyl (C=O) groups is 1. The largest absolute Gasteiger partial charge is 0.456 e. The van der Waals surface area contributed by atoms with Gasteiger partial charge in [-0.05, 0) is 50.3 Å². The van der Waals surface area contributed by atoms with E-state index in [0.29, 0.717) is 13.0 Å². The standard InChI is InChI=1S/C23H27NO4/c1-22(2,3)27-21(25)23(26)19(15-16-9-5-4-6-10-16)20-18-12-8-7-11-17(18)13-14-24(20)28-23/h4-12,19-20,26H,13-15H2,1-3H3/t19-,20-,23-/m1/s1. The smallest absolute Gasteiger partial charge is 0.369 e. The van der Waals surface area contributed by atoms with Crippen molar-refractivity contribution in [3.63, 3.8) is 0 Å². The molecular formula is C23H27NO4. The first kappa shape index (κ1) is 19.1. The van der Waals surface area contributed by atoms with E-state index in [2.05, 4.69) is 12.1 Å². The van der Waals surface area contributed by atoms with Crippen molar-refractivity contribution in [2.45, 2.75) is 51.0 Å². The van der Waals surface area contributed by atoms with Crippen molar-refractivity contribution in [3.05, 3.63) is 71.3 Å². The van der Waals surface area contributed by atoms with E-state index < -0.39 is 23.3 Å². The number of hydroxylamine groups is 2. The predicted octanol–water partition coefficient (Wildman–Crippen LogP) is 3.42. The Morgan fingerprint density at radius 3 is 2.57 bits per heavy atom. The fraction of sp³-hybridized carbons (Fsp3) is 0.435. The van der Waals surface area contributed by atoms with Crippen LogP contribution in [0.5, 0.6) is 0 Å². The zero-order chi connectivity index (χ0) is 19.9. The fourth-order valence-electron chi connectivity index (χ4n) is 4.21. The first-order chi connectivity index (χ1) is 13.3. The third kappa shape index (κ3) is 3.46. The lowest BCUT2D eigenvalue weighted by molar-refractivity contribution is -0.295. The molecule has 2 aromatic carbocycles. The van der Waals surface area contributed by atoms with Gasteiger partial charge in [-0.2, -0.15) is 5.06 Å². The van der Waals surface area contributed by atoms with Crippen LogP contribution >= 0.6 is 0 Å². The van der Waals surface area contributed by atoms with E-state index in [9.17, 15) is 9.90 Å². The number of hydrogen-bond donors (Lipinski definition) is 1. The predicted molar refractivity (Wildman–Crippen MR) is 105 cm³/mol. The first-order valence-electron chi connectivity index (χ1n) is 9.81.